The lowest BCUT2D eigenvalue weighted by atomic mass is 9.99. The van der Waals surface area contributed by atoms with E-state index in [1.165, 1.54) is 122 Å². The fourth-order valence-electron chi connectivity index (χ4n) is 6.54. The first kappa shape index (κ1) is 49.4. The number of carbonyl (C=O) groups is 3. The molecule has 0 rings (SSSR count). The van der Waals surface area contributed by atoms with Crippen LogP contribution >= 0.6 is 0 Å². The summed E-state index contributed by atoms with van der Waals surface area (Å²) >= 11 is 0. The summed E-state index contributed by atoms with van der Waals surface area (Å²) in [5, 5.41) is 0. The molecule has 302 valence electrons. The summed E-state index contributed by atoms with van der Waals surface area (Å²) in [5.41, 5.74) is 0. The number of hydrogen-bond acceptors (Lipinski definition) is 6. The molecule has 1 unspecified atom stereocenters. The first-order valence-electron chi connectivity index (χ1n) is 22.3. The van der Waals surface area contributed by atoms with Gasteiger partial charge in [0.2, 0.25) is 0 Å². The minimum atomic E-state index is -0.758. The highest BCUT2D eigenvalue weighted by Crippen LogP contribution is 2.17. The molecule has 0 amide bonds. The van der Waals surface area contributed by atoms with Gasteiger partial charge >= 0.3 is 17.9 Å². The van der Waals surface area contributed by atoms with Crippen LogP contribution in [0.15, 0.2) is 0 Å². The molecule has 0 bridgehead atoms. The van der Waals surface area contributed by atoms with E-state index >= 15 is 0 Å². The molecule has 51 heavy (non-hydrogen) atoms. The number of rotatable bonds is 39. The van der Waals surface area contributed by atoms with E-state index in [1.807, 2.05) is 0 Å². The van der Waals surface area contributed by atoms with Crippen molar-refractivity contribution in [3.05, 3.63) is 0 Å². The summed E-state index contributed by atoms with van der Waals surface area (Å²) in [6, 6.07) is 0. The standard InChI is InChI=1S/C45H86O6/c1-6-8-9-23-32-37-45(48)51-42(39-50-44(47)36-31-27-22-18-17-20-25-29-34-41(5)7-2)38-49-43(46)35-30-26-21-16-14-12-10-11-13-15-19-24-28-33-40(3)4/h40-42H,6-39H2,1-5H3/t41?,42-/m1/s1. The quantitative estimate of drug-likeness (QED) is 0.0357. The second kappa shape index (κ2) is 38.1. The molecule has 0 aliphatic rings. The summed E-state index contributed by atoms with van der Waals surface area (Å²) < 4.78 is 16.6. The van der Waals surface area contributed by atoms with Crippen LogP contribution in [-0.4, -0.2) is 37.2 Å². The Morgan fingerprint density at radius 2 is 0.745 bits per heavy atom. The summed E-state index contributed by atoms with van der Waals surface area (Å²) in [4.78, 5) is 37.4. The van der Waals surface area contributed by atoms with Crippen molar-refractivity contribution in [3.8, 4) is 0 Å². The maximum absolute atomic E-state index is 12.5. The second-order valence-electron chi connectivity index (χ2n) is 16.1. The maximum Gasteiger partial charge on any atom is 0.306 e. The molecule has 0 fully saturated rings. The first-order chi connectivity index (χ1) is 24.8. The Bertz CT molecular complexity index is 781. The van der Waals surface area contributed by atoms with E-state index in [1.54, 1.807) is 0 Å². The number of ether oxygens (including phenoxy) is 3. The van der Waals surface area contributed by atoms with Gasteiger partial charge in [0.15, 0.2) is 6.10 Å². The van der Waals surface area contributed by atoms with Crippen molar-refractivity contribution in [1.29, 1.82) is 0 Å². The largest absolute Gasteiger partial charge is 0.462 e. The van der Waals surface area contributed by atoms with Crippen LogP contribution in [0.4, 0.5) is 0 Å². The molecular weight excluding hydrogens is 636 g/mol. The van der Waals surface area contributed by atoms with Crippen LogP contribution in [0.5, 0.6) is 0 Å². The normalized spacial score (nSPS) is 12.6. The maximum atomic E-state index is 12.5. The predicted octanol–water partition coefficient (Wildman–Crippen LogP) is 13.8. The van der Waals surface area contributed by atoms with Crippen molar-refractivity contribution in [2.24, 2.45) is 11.8 Å². The van der Waals surface area contributed by atoms with E-state index in [0.29, 0.717) is 19.3 Å². The Kier molecular flexibility index (Phi) is 37.0. The van der Waals surface area contributed by atoms with Gasteiger partial charge in [-0.1, -0.05) is 202 Å². The van der Waals surface area contributed by atoms with Gasteiger partial charge in [-0.2, -0.15) is 0 Å². The zero-order chi connectivity index (χ0) is 37.6. The van der Waals surface area contributed by atoms with Crippen LogP contribution in [0.2, 0.25) is 0 Å². The van der Waals surface area contributed by atoms with Crippen LogP contribution in [0.1, 0.15) is 240 Å². The van der Waals surface area contributed by atoms with Crippen LogP contribution in [0.3, 0.4) is 0 Å². The molecule has 0 aliphatic carbocycles. The minimum absolute atomic E-state index is 0.0665. The molecule has 0 aromatic rings. The SMILES string of the molecule is CCCCCCCC(=O)O[C@H](COC(=O)CCCCCCCCCCCCCCCC(C)C)COC(=O)CCCCCCCCCCC(C)CC. The number of unbranched alkanes of at least 4 members (excludes halogenated alkanes) is 23. The third-order valence-electron chi connectivity index (χ3n) is 10.3. The van der Waals surface area contributed by atoms with E-state index in [4.69, 9.17) is 14.2 Å². The highest BCUT2D eigenvalue weighted by atomic mass is 16.6. The van der Waals surface area contributed by atoms with Crippen molar-refractivity contribution >= 4 is 17.9 Å². The molecule has 0 heterocycles. The molecule has 0 aromatic carbocycles. The van der Waals surface area contributed by atoms with E-state index in [9.17, 15) is 14.4 Å². The molecule has 0 aliphatic heterocycles. The molecule has 0 radical (unpaired) electrons. The molecule has 6 nitrogen and oxygen atoms in total. The van der Waals surface area contributed by atoms with E-state index in [0.717, 1.165) is 76.0 Å². The molecule has 0 aromatic heterocycles. The average Bonchev–Trinajstić information content (AvgIpc) is 3.11. The lowest BCUT2D eigenvalue weighted by molar-refractivity contribution is -0.167. The lowest BCUT2D eigenvalue weighted by Gasteiger charge is -2.18. The fraction of sp³-hybridized carbons (Fsp3) is 0.933. The Balaban J connectivity index is 4.15. The van der Waals surface area contributed by atoms with Gasteiger partial charge in [0.25, 0.3) is 0 Å². The third kappa shape index (κ3) is 38.0. The number of hydrogen-bond donors (Lipinski definition) is 0. The van der Waals surface area contributed by atoms with Crippen molar-refractivity contribution in [2.75, 3.05) is 13.2 Å². The first-order valence-corrected chi connectivity index (χ1v) is 22.3. The van der Waals surface area contributed by atoms with Crippen LogP contribution < -0.4 is 0 Å². The minimum Gasteiger partial charge on any atom is -0.462 e. The highest BCUT2D eigenvalue weighted by molar-refractivity contribution is 5.71. The lowest BCUT2D eigenvalue weighted by Crippen LogP contribution is -2.30. The summed E-state index contributed by atoms with van der Waals surface area (Å²) in [6.45, 7) is 11.3. The van der Waals surface area contributed by atoms with Gasteiger partial charge in [-0.25, -0.2) is 0 Å². The van der Waals surface area contributed by atoms with Gasteiger partial charge < -0.3 is 14.2 Å². The molecule has 0 saturated heterocycles. The van der Waals surface area contributed by atoms with Crippen LogP contribution in [0, 0.1) is 11.8 Å². The average molecular weight is 723 g/mol. The Morgan fingerprint density at radius 3 is 1.12 bits per heavy atom. The Labute approximate surface area is 317 Å². The van der Waals surface area contributed by atoms with Gasteiger partial charge in [0, 0.05) is 19.3 Å². The van der Waals surface area contributed by atoms with Crippen molar-refractivity contribution in [1.82, 2.24) is 0 Å². The molecule has 0 N–H and O–H groups in total. The molecule has 0 spiro atoms. The number of esters is 3. The van der Waals surface area contributed by atoms with Crippen molar-refractivity contribution in [2.45, 2.75) is 246 Å². The fourth-order valence-corrected chi connectivity index (χ4v) is 6.54. The highest BCUT2D eigenvalue weighted by Gasteiger charge is 2.19. The Morgan fingerprint density at radius 1 is 0.412 bits per heavy atom. The summed E-state index contributed by atoms with van der Waals surface area (Å²) in [5.74, 6) is 0.814. The summed E-state index contributed by atoms with van der Waals surface area (Å²) in [7, 11) is 0. The zero-order valence-corrected chi connectivity index (χ0v) is 34.7. The van der Waals surface area contributed by atoms with Crippen molar-refractivity contribution in [3.63, 3.8) is 0 Å². The van der Waals surface area contributed by atoms with E-state index in [-0.39, 0.29) is 31.1 Å². The molecule has 0 saturated carbocycles. The zero-order valence-electron chi connectivity index (χ0n) is 34.7. The van der Waals surface area contributed by atoms with Crippen molar-refractivity contribution < 1.29 is 28.6 Å². The van der Waals surface area contributed by atoms with Gasteiger partial charge in [-0.3, -0.25) is 14.4 Å². The topological polar surface area (TPSA) is 78.9 Å². The van der Waals surface area contributed by atoms with Gasteiger partial charge in [-0.05, 0) is 31.1 Å². The second-order valence-corrected chi connectivity index (χ2v) is 16.1. The van der Waals surface area contributed by atoms with Gasteiger partial charge in [0.1, 0.15) is 13.2 Å². The van der Waals surface area contributed by atoms with Crippen LogP contribution in [0.25, 0.3) is 0 Å². The summed E-state index contributed by atoms with van der Waals surface area (Å²) in [6.07, 6.45) is 35.4. The van der Waals surface area contributed by atoms with Crippen LogP contribution in [-0.2, 0) is 28.6 Å². The van der Waals surface area contributed by atoms with Gasteiger partial charge in [-0.15, -0.1) is 0 Å². The van der Waals surface area contributed by atoms with Gasteiger partial charge in [0.05, 0.1) is 0 Å². The third-order valence-corrected chi connectivity index (χ3v) is 10.3. The monoisotopic (exact) mass is 723 g/mol. The molecule has 2 atom stereocenters. The van der Waals surface area contributed by atoms with E-state index in [2.05, 4.69) is 34.6 Å². The smallest absolute Gasteiger partial charge is 0.306 e. The molecular formula is C45H86O6. The van der Waals surface area contributed by atoms with E-state index < -0.39 is 6.10 Å². The molecule has 6 heteroatoms. The Hall–Kier alpha value is -1.59. The predicted molar refractivity (Wildman–Crippen MR) is 215 cm³/mol. The number of carbonyl (C=O) groups excluding carboxylic acids is 3.